The van der Waals surface area contributed by atoms with Crippen molar-refractivity contribution in [3.05, 3.63) is 65.2 Å². The second kappa shape index (κ2) is 12.5. The summed E-state index contributed by atoms with van der Waals surface area (Å²) < 4.78 is 5.99. The highest BCUT2D eigenvalue weighted by Crippen LogP contribution is 2.22. The second-order valence-corrected chi connectivity index (χ2v) is 7.70. The number of nitrogens with zero attached hydrogens (tertiary/aromatic N) is 2. The van der Waals surface area contributed by atoms with Gasteiger partial charge in [0, 0.05) is 33.1 Å². The van der Waals surface area contributed by atoms with Crippen LogP contribution in [-0.4, -0.2) is 43.0 Å². The van der Waals surface area contributed by atoms with Crippen LogP contribution >= 0.6 is 24.0 Å². The summed E-state index contributed by atoms with van der Waals surface area (Å²) in [6, 6.07) is 16.3. The molecule has 2 N–H and O–H groups in total. The number of nitrogens with one attached hydrogen (secondary N) is 2. The molecule has 0 saturated carbocycles. The summed E-state index contributed by atoms with van der Waals surface area (Å²) >= 11 is 0. The van der Waals surface area contributed by atoms with Crippen molar-refractivity contribution < 1.29 is 9.53 Å². The molecule has 6 nitrogen and oxygen atoms in total. The summed E-state index contributed by atoms with van der Waals surface area (Å²) in [5.41, 5.74) is 3.64. The van der Waals surface area contributed by atoms with Gasteiger partial charge in [-0.1, -0.05) is 42.5 Å². The SMILES string of the molecule is CN=C(NCCCC(=O)N1Cc2ccccc2C1)NCC(C)Oc1ccccc1C.I. The van der Waals surface area contributed by atoms with Gasteiger partial charge >= 0.3 is 0 Å². The molecule has 1 heterocycles. The highest BCUT2D eigenvalue weighted by molar-refractivity contribution is 14.0. The maximum absolute atomic E-state index is 12.5. The minimum atomic E-state index is 0. The van der Waals surface area contributed by atoms with E-state index in [1.807, 2.05) is 55.1 Å². The summed E-state index contributed by atoms with van der Waals surface area (Å²) in [5.74, 6) is 1.82. The third kappa shape index (κ3) is 7.41. The molecule has 168 valence electrons. The molecule has 2 aromatic carbocycles. The molecule has 1 atom stereocenters. The molecule has 1 amide bonds. The maximum Gasteiger partial charge on any atom is 0.223 e. The largest absolute Gasteiger partial charge is 0.489 e. The highest BCUT2D eigenvalue weighted by atomic mass is 127. The van der Waals surface area contributed by atoms with Gasteiger partial charge in [-0.3, -0.25) is 9.79 Å². The van der Waals surface area contributed by atoms with Crippen LogP contribution in [0.3, 0.4) is 0 Å². The summed E-state index contributed by atoms with van der Waals surface area (Å²) in [7, 11) is 1.74. The first-order valence-corrected chi connectivity index (χ1v) is 10.6. The molecule has 0 fully saturated rings. The Kier molecular flexibility index (Phi) is 10.1. The van der Waals surface area contributed by atoms with Gasteiger partial charge in [-0.2, -0.15) is 0 Å². The molecule has 0 radical (unpaired) electrons. The topological polar surface area (TPSA) is 66.0 Å². The summed E-state index contributed by atoms with van der Waals surface area (Å²) in [5, 5.41) is 6.56. The van der Waals surface area contributed by atoms with Crippen molar-refractivity contribution in [3.8, 4) is 5.75 Å². The second-order valence-electron chi connectivity index (χ2n) is 7.70. The lowest BCUT2D eigenvalue weighted by Crippen LogP contribution is -2.42. The molecule has 2 aromatic rings. The molecule has 0 saturated heterocycles. The van der Waals surface area contributed by atoms with Crippen LogP contribution in [0.15, 0.2) is 53.5 Å². The zero-order valence-electron chi connectivity index (χ0n) is 18.6. The number of hydrogen-bond donors (Lipinski definition) is 2. The molecule has 0 aliphatic carbocycles. The monoisotopic (exact) mass is 536 g/mol. The highest BCUT2D eigenvalue weighted by Gasteiger charge is 2.22. The third-order valence-corrected chi connectivity index (χ3v) is 5.26. The fourth-order valence-corrected chi connectivity index (χ4v) is 3.52. The van der Waals surface area contributed by atoms with Gasteiger partial charge in [0.2, 0.25) is 5.91 Å². The molecule has 1 aliphatic rings. The van der Waals surface area contributed by atoms with Crippen molar-refractivity contribution in [2.24, 2.45) is 4.99 Å². The van der Waals surface area contributed by atoms with Gasteiger partial charge in [0.15, 0.2) is 5.96 Å². The van der Waals surface area contributed by atoms with Crippen molar-refractivity contribution in [1.82, 2.24) is 15.5 Å². The molecule has 0 spiro atoms. The molecule has 0 bridgehead atoms. The number of para-hydroxylation sites is 1. The first-order valence-electron chi connectivity index (χ1n) is 10.6. The zero-order chi connectivity index (χ0) is 21.3. The van der Waals surface area contributed by atoms with Crippen LogP contribution in [0.1, 0.15) is 36.5 Å². The van der Waals surface area contributed by atoms with Crippen LogP contribution in [0.25, 0.3) is 0 Å². The van der Waals surface area contributed by atoms with Crippen molar-refractivity contribution in [2.75, 3.05) is 20.1 Å². The Morgan fingerprint density at radius 3 is 2.39 bits per heavy atom. The molecular weight excluding hydrogens is 503 g/mol. The number of fused-ring (bicyclic) bond motifs is 1. The first kappa shape index (κ1) is 25.0. The summed E-state index contributed by atoms with van der Waals surface area (Å²) in [6.07, 6.45) is 1.30. The van der Waals surface area contributed by atoms with Crippen LogP contribution in [0, 0.1) is 6.92 Å². The van der Waals surface area contributed by atoms with E-state index in [9.17, 15) is 4.79 Å². The smallest absolute Gasteiger partial charge is 0.223 e. The van der Waals surface area contributed by atoms with Crippen molar-refractivity contribution >= 4 is 35.8 Å². The Morgan fingerprint density at radius 1 is 1.10 bits per heavy atom. The van der Waals surface area contributed by atoms with E-state index in [0.29, 0.717) is 19.5 Å². The standard InChI is InChI=1S/C24H32N4O2.HI/c1-18-9-4-7-12-22(18)30-19(2)15-27-24(25-3)26-14-8-13-23(29)28-16-20-10-5-6-11-21(20)17-28;/h4-7,9-12,19H,8,13-17H2,1-3H3,(H2,25,26,27);1H. The number of benzene rings is 2. The molecular formula is C24H33IN4O2. The fourth-order valence-electron chi connectivity index (χ4n) is 3.52. The summed E-state index contributed by atoms with van der Waals surface area (Å²) in [6.45, 7) is 6.85. The normalized spacial score (nSPS) is 13.8. The van der Waals surface area contributed by atoms with Crippen LogP contribution in [0.5, 0.6) is 5.75 Å². The van der Waals surface area contributed by atoms with Gasteiger partial charge in [-0.05, 0) is 43.0 Å². The van der Waals surface area contributed by atoms with E-state index >= 15 is 0 Å². The van der Waals surface area contributed by atoms with E-state index in [-0.39, 0.29) is 36.0 Å². The number of carbonyl (C=O) groups excluding carboxylic acids is 1. The number of guanidine groups is 1. The van der Waals surface area contributed by atoms with Gasteiger partial charge in [0.05, 0.1) is 6.54 Å². The van der Waals surface area contributed by atoms with Gasteiger partial charge in [0.1, 0.15) is 11.9 Å². The number of halogens is 1. The number of amides is 1. The number of hydrogen-bond acceptors (Lipinski definition) is 3. The van der Waals surface area contributed by atoms with E-state index in [4.69, 9.17) is 4.74 Å². The number of rotatable bonds is 8. The lowest BCUT2D eigenvalue weighted by molar-refractivity contribution is -0.131. The van der Waals surface area contributed by atoms with Gasteiger partial charge < -0.3 is 20.3 Å². The average molecular weight is 536 g/mol. The van der Waals surface area contributed by atoms with Crippen LogP contribution in [-0.2, 0) is 17.9 Å². The lowest BCUT2D eigenvalue weighted by atomic mass is 10.1. The molecule has 0 aromatic heterocycles. The minimum Gasteiger partial charge on any atom is -0.489 e. The third-order valence-electron chi connectivity index (χ3n) is 5.26. The van der Waals surface area contributed by atoms with E-state index < -0.39 is 0 Å². The molecule has 3 rings (SSSR count). The van der Waals surface area contributed by atoms with Crippen molar-refractivity contribution in [1.29, 1.82) is 0 Å². The van der Waals surface area contributed by atoms with Crippen molar-refractivity contribution in [3.63, 3.8) is 0 Å². The van der Waals surface area contributed by atoms with E-state index in [0.717, 1.165) is 36.8 Å². The van der Waals surface area contributed by atoms with Gasteiger partial charge in [0.25, 0.3) is 0 Å². The Balaban J connectivity index is 0.00000341. The molecule has 1 unspecified atom stereocenters. The van der Waals surface area contributed by atoms with Crippen LogP contribution in [0.2, 0.25) is 0 Å². The maximum atomic E-state index is 12.5. The Labute approximate surface area is 202 Å². The molecule has 31 heavy (non-hydrogen) atoms. The Bertz CT molecular complexity index is 862. The average Bonchev–Trinajstić information content (AvgIpc) is 3.19. The Morgan fingerprint density at radius 2 is 1.74 bits per heavy atom. The van der Waals surface area contributed by atoms with Crippen LogP contribution in [0.4, 0.5) is 0 Å². The quantitative estimate of drug-likeness (QED) is 0.233. The minimum absolute atomic E-state index is 0. The Hall–Kier alpha value is -2.29. The van der Waals surface area contributed by atoms with E-state index in [1.54, 1.807) is 7.05 Å². The van der Waals surface area contributed by atoms with E-state index in [2.05, 4.69) is 27.8 Å². The van der Waals surface area contributed by atoms with Gasteiger partial charge in [-0.15, -0.1) is 24.0 Å². The van der Waals surface area contributed by atoms with Gasteiger partial charge in [-0.25, -0.2) is 0 Å². The summed E-state index contributed by atoms with van der Waals surface area (Å²) in [4.78, 5) is 18.7. The molecule has 1 aliphatic heterocycles. The number of aryl methyl sites for hydroxylation is 1. The zero-order valence-corrected chi connectivity index (χ0v) is 20.9. The fraction of sp³-hybridized carbons (Fsp3) is 0.417. The number of ether oxygens (including phenoxy) is 1. The number of aliphatic imine (C=N–C) groups is 1. The predicted molar refractivity (Wildman–Crippen MR) is 136 cm³/mol. The van der Waals surface area contributed by atoms with Crippen LogP contribution < -0.4 is 15.4 Å². The molecule has 7 heteroatoms. The van der Waals surface area contributed by atoms with Crippen molar-refractivity contribution in [2.45, 2.75) is 45.9 Å². The van der Waals surface area contributed by atoms with E-state index in [1.165, 1.54) is 11.1 Å². The lowest BCUT2D eigenvalue weighted by Gasteiger charge is -2.19. The number of carbonyl (C=O) groups is 1. The first-order chi connectivity index (χ1) is 14.6. The predicted octanol–water partition coefficient (Wildman–Crippen LogP) is 3.87.